The van der Waals surface area contributed by atoms with E-state index < -0.39 is 0 Å². The summed E-state index contributed by atoms with van der Waals surface area (Å²) >= 11 is 2.77. The Bertz CT molecular complexity index is 665. The van der Waals surface area contributed by atoms with Crippen LogP contribution in [0.3, 0.4) is 0 Å². The Morgan fingerprint density at radius 3 is 3.15 bits per heavy atom. The van der Waals surface area contributed by atoms with Gasteiger partial charge in [-0.1, -0.05) is 24.2 Å². The van der Waals surface area contributed by atoms with Gasteiger partial charge in [0, 0.05) is 7.11 Å². The van der Waals surface area contributed by atoms with E-state index in [1.54, 1.807) is 29.6 Å². The van der Waals surface area contributed by atoms with Crippen molar-refractivity contribution >= 4 is 39.4 Å². The number of hydrogen-bond donors (Lipinski definition) is 1. The lowest BCUT2D eigenvalue weighted by atomic mass is 10.3. The predicted molar refractivity (Wildman–Crippen MR) is 81.8 cm³/mol. The zero-order valence-corrected chi connectivity index (χ0v) is 12.7. The minimum atomic E-state index is -0.0336. The SMILES string of the molecule is COC(CC1CC1)SCn1c(=O)sc2cnc(N)nc21. The lowest BCUT2D eigenvalue weighted by molar-refractivity contribution is 0.160. The van der Waals surface area contributed by atoms with Crippen LogP contribution in [0.15, 0.2) is 11.0 Å². The largest absolute Gasteiger partial charge is 0.371 e. The molecule has 6 nitrogen and oxygen atoms in total. The van der Waals surface area contributed by atoms with E-state index in [0.29, 0.717) is 11.5 Å². The topological polar surface area (TPSA) is 83.0 Å². The standard InChI is InChI=1S/C12H16N4O2S2/c1-18-9(4-7-2-3-7)19-6-16-10-8(20-12(16)17)5-14-11(13)15-10/h5,7,9H,2-4,6H2,1H3,(H2,13,14,15). The first kappa shape index (κ1) is 13.8. The summed E-state index contributed by atoms with van der Waals surface area (Å²) in [5.41, 5.74) is 6.33. The number of aromatic nitrogens is 3. The highest BCUT2D eigenvalue weighted by atomic mass is 32.2. The van der Waals surface area contributed by atoms with Gasteiger partial charge in [-0.25, -0.2) is 4.98 Å². The van der Waals surface area contributed by atoms with Crippen molar-refractivity contribution in [2.75, 3.05) is 12.8 Å². The zero-order valence-electron chi connectivity index (χ0n) is 11.1. The van der Waals surface area contributed by atoms with Crippen LogP contribution in [0.1, 0.15) is 19.3 Å². The molecule has 108 valence electrons. The van der Waals surface area contributed by atoms with E-state index in [1.807, 2.05) is 0 Å². The molecular formula is C12H16N4O2S2. The highest BCUT2D eigenvalue weighted by Crippen LogP contribution is 2.37. The van der Waals surface area contributed by atoms with Crippen molar-refractivity contribution in [1.29, 1.82) is 0 Å². The fraction of sp³-hybridized carbons (Fsp3) is 0.583. The van der Waals surface area contributed by atoms with Crippen molar-refractivity contribution in [1.82, 2.24) is 14.5 Å². The molecule has 0 spiro atoms. The zero-order chi connectivity index (χ0) is 14.1. The maximum Gasteiger partial charge on any atom is 0.310 e. The minimum Gasteiger partial charge on any atom is -0.371 e. The molecule has 1 saturated carbocycles. The number of nitrogens with two attached hydrogens (primary N) is 1. The molecule has 8 heteroatoms. The van der Waals surface area contributed by atoms with Crippen LogP contribution in [-0.2, 0) is 10.6 Å². The molecule has 2 aromatic heterocycles. The summed E-state index contributed by atoms with van der Waals surface area (Å²) in [6.45, 7) is 0. The molecule has 0 radical (unpaired) electrons. The summed E-state index contributed by atoms with van der Waals surface area (Å²) in [6.07, 6.45) is 5.25. The number of hydrogen-bond acceptors (Lipinski definition) is 7. The Morgan fingerprint density at radius 1 is 1.65 bits per heavy atom. The van der Waals surface area contributed by atoms with E-state index in [0.717, 1.165) is 28.4 Å². The van der Waals surface area contributed by atoms with Gasteiger partial charge in [0.1, 0.15) is 5.44 Å². The van der Waals surface area contributed by atoms with E-state index in [4.69, 9.17) is 10.5 Å². The number of fused-ring (bicyclic) bond motifs is 1. The minimum absolute atomic E-state index is 0.0336. The fourth-order valence-electron chi connectivity index (χ4n) is 2.01. The van der Waals surface area contributed by atoms with Gasteiger partial charge in [-0.15, -0.1) is 11.8 Å². The van der Waals surface area contributed by atoms with Gasteiger partial charge < -0.3 is 10.5 Å². The summed E-state index contributed by atoms with van der Waals surface area (Å²) in [7, 11) is 1.72. The van der Waals surface area contributed by atoms with Gasteiger partial charge in [-0.2, -0.15) is 4.98 Å². The monoisotopic (exact) mass is 312 g/mol. The second-order valence-electron chi connectivity index (χ2n) is 4.85. The number of rotatable bonds is 6. The van der Waals surface area contributed by atoms with E-state index >= 15 is 0 Å². The van der Waals surface area contributed by atoms with Crippen LogP contribution in [0.2, 0.25) is 0 Å². The number of thioether (sulfide) groups is 1. The van der Waals surface area contributed by atoms with Gasteiger partial charge in [-0.05, 0) is 12.3 Å². The Balaban J connectivity index is 1.77. The van der Waals surface area contributed by atoms with Crippen molar-refractivity contribution in [3.05, 3.63) is 15.9 Å². The molecule has 2 aromatic rings. The molecule has 1 atom stereocenters. The van der Waals surface area contributed by atoms with E-state index in [1.165, 1.54) is 12.8 Å². The Kier molecular flexibility index (Phi) is 3.95. The predicted octanol–water partition coefficient (Wildman–Crippen LogP) is 1.90. The van der Waals surface area contributed by atoms with Crippen LogP contribution < -0.4 is 10.6 Å². The van der Waals surface area contributed by atoms with Gasteiger partial charge in [0.2, 0.25) is 5.95 Å². The van der Waals surface area contributed by atoms with Crippen LogP contribution in [-0.4, -0.2) is 27.1 Å². The number of nitrogen functional groups attached to an aromatic ring is 1. The van der Waals surface area contributed by atoms with E-state index in [-0.39, 0.29) is 16.3 Å². The van der Waals surface area contributed by atoms with Crippen molar-refractivity contribution in [3.63, 3.8) is 0 Å². The average Bonchev–Trinajstić information content (AvgIpc) is 3.19. The third-order valence-electron chi connectivity index (χ3n) is 3.30. The summed E-state index contributed by atoms with van der Waals surface area (Å²) < 4.78 is 7.87. The molecule has 1 unspecified atom stereocenters. The normalized spacial score (nSPS) is 16.6. The number of thiazole rings is 1. The molecule has 1 fully saturated rings. The maximum atomic E-state index is 12.0. The molecule has 0 aliphatic heterocycles. The van der Waals surface area contributed by atoms with E-state index in [2.05, 4.69) is 9.97 Å². The van der Waals surface area contributed by atoms with Gasteiger partial charge >= 0.3 is 4.87 Å². The summed E-state index contributed by atoms with van der Waals surface area (Å²) in [4.78, 5) is 20.0. The van der Waals surface area contributed by atoms with Gasteiger partial charge in [0.15, 0.2) is 5.65 Å². The first-order valence-electron chi connectivity index (χ1n) is 6.43. The fourth-order valence-corrected chi connectivity index (χ4v) is 3.99. The Labute approximate surface area is 124 Å². The third kappa shape index (κ3) is 2.97. The van der Waals surface area contributed by atoms with Crippen molar-refractivity contribution < 1.29 is 4.74 Å². The number of methoxy groups -OCH3 is 1. The first-order valence-corrected chi connectivity index (χ1v) is 8.30. The lowest BCUT2D eigenvalue weighted by Gasteiger charge is -2.14. The molecule has 20 heavy (non-hydrogen) atoms. The highest BCUT2D eigenvalue weighted by molar-refractivity contribution is 7.98. The molecule has 3 rings (SSSR count). The quantitative estimate of drug-likeness (QED) is 0.820. The van der Waals surface area contributed by atoms with Gasteiger partial charge in [0.05, 0.1) is 16.8 Å². The molecule has 1 aliphatic carbocycles. The smallest absolute Gasteiger partial charge is 0.310 e. The number of nitrogens with zero attached hydrogens (tertiary/aromatic N) is 3. The molecular weight excluding hydrogens is 296 g/mol. The molecule has 0 aromatic carbocycles. The third-order valence-corrected chi connectivity index (χ3v) is 5.37. The van der Waals surface area contributed by atoms with Crippen molar-refractivity contribution in [2.24, 2.45) is 5.92 Å². The maximum absolute atomic E-state index is 12.0. The first-order chi connectivity index (χ1) is 9.67. The second-order valence-corrected chi connectivity index (χ2v) is 6.96. The molecule has 0 amide bonds. The lowest BCUT2D eigenvalue weighted by Crippen LogP contribution is -2.15. The summed E-state index contributed by atoms with van der Waals surface area (Å²) in [5.74, 6) is 1.51. The van der Waals surface area contributed by atoms with Crippen LogP contribution in [0, 0.1) is 5.92 Å². The second kappa shape index (κ2) is 5.71. The Hall–Kier alpha value is -1.12. The Morgan fingerprint density at radius 2 is 2.45 bits per heavy atom. The van der Waals surface area contributed by atoms with E-state index in [9.17, 15) is 4.79 Å². The van der Waals surface area contributed by atoms with Gasteiger partial charge in [0.25, 0.3) is 0 Å². The average molecular weight is 312 g/mol. The van der Waals surface area contributed by atoms with Crippen LogP contribution in [0.25, 0.3) is 10.3 Å². The number of ether oxygens (including phenoxy) is 1. The van der Waals surface area contributed by atoms with Gasteiger partial charge in [-0.3, -0.25) is 9.36 Å². The van der Waals surface area contributed by atoms with Crippen LogP contribution >= 0.6 is 23.1 Å². The molecule has 0 bridgehead atoms. The molecule has 1 aliphatic rings. The van der Waals surface area contributed by atoms with Crippen LogP contribution in [0.5, 0.6) is 0 Å². The summed E-state index contributed by atoms with van der Waals surface area (Å²) in [5, 5.41) is 0. The van der Waals surface area contributed by atoms with Crippen molar-refractivity contribution in [2.45, 2.75) is 30.6 Å². The number of anilines is 1. The molecule has 0 saturated heterocycles. The summed E-state index contributed by atoms with van der Waals surface area (Å²) in [6, 6.07) is 0. The van der Waals surface area contributed by atoms with Crippen molar-refractivity contribution in [3.8, 4) is 0 Å². The van der Waals surface area contributed by atoms with Crippen LogP contribution in [0.4, 0.5) is 5.95 Å². The molecule has 2 N–H and O–H groups in total. The highest BCUT2D eigenvalue weighted by Gasteiger charge is 2.26. The molecule has 2 heterocycles.